The molecule has 19 heavy (non-hydrogen) atoms. The molecule has 2 atom stereocenters. The zero-order chi connectivity index (χ0) is 12.9. The average molecular weight is 252 g/mol. The summed E-state index contributed by atoms with van der Waals surface area (Å²) in [4.78, 5) is 0. The summed E-state index contributed by atoms with van der Waals surface area (Å²) in [5.41, 5.74) is 2.36. The van der Waals surface area contributed by atoms with Crippen molar-refractivity contribution in [1.82, 2.24) is 0 Å². The van der Waals surface area contributed by atoms with Gasteiger partial charge in [-0.1, -0.05) is 60.7 Å². The second-order valence-electron chi connectivity index (χ2n) is 4.55. The zero-order valence-electron chi connectivity index (χ0n) is 10.6. The highest BCUT2D eigenvalue weighted by molar-refractivity contribution is 5.47. The van der Waals surface area contributed by atoms with Crippen LogP contribution in [0.15, 0.2) is 66.9 Å². The molecular formula is C17H16O2. The first-order valence-corrected chi connectivity index (χ1v) is 6.47. The Balaban J connectivity index is 1.44. The molecule has 2 aromatic rings. The van der Waals surface area contributed by atoms with Crippen LogP contribution >= 0.6 is 0 Å². The molecule has 1 fully saturated rings. The van der Waals surface area contributed by atoms with Crippen molar-refractivity contribution in [3.05, 3.63) is 78.1 Å². The highest BCUT2D eigenvalue weighted by Crippen LogP contribution is 2.38. The molecular weight excluding hydrogens is 236 g/mol. The van der Waals surface area contributed by atoms with E-state index in [1.54, 1.807) is 6.26 Å². The van der Waals surface area contributed by atoms with Crippen LogP contribution in [-0.4, -0.2) is 12.7 Å². The number of epoxide rings is 1. The summed E-state index contributed by atoms with van der Waals surface area (Å²) in [6, 6.07) is 20.4. The van der Waals surface area contributed by atoms with E-state index in [1.165, 1.54) is 5.56 Å². The minimum Gasteiger partial charge on any atom is -0.498 e. The van der Waals surface area contributed by atoms with Crippen molar-refractivity contribution < 1.29 is 9.47 Å². The van der Waals surface area contributed by atoms with Gasteiger partial charge in [0.25, 0.3) is 0 Å². The summed E-state index contributed by atoms with van der Waals surface area (Å²) >= 11 is 0. The summed E-state index contributed by atoms with van der Waals surface area (Å²) in [6.45, 7) is 0.600. The third kappa shape index (κ3) is 3.24. The van der Waals surface area contributed by atoms with Crippen LogP contribution in [0.5, 0.6) is 0 Å². The van der Waals surface area contributed by atoms with Crippen molar-refractivity contribution in [3.8, 4) is 0 Å². The summed E-state index contributed by atoms with van der Waals surface area (Å²) < 4.78 is 11.1. The first-order chi connectivity index (χ1) is 9.43. The molecule has 0 spiro atoms. The number of benzene rings is 2. The molecule has 2 aromatic carbocycles. The molecule has 0 saturated carbocycles. The van der Waals surface area contributed by atoms with Gasteiger partial charge in [-0.05, 0) is 17.2 Å². The first-order valence-electron chi connectivity index (χ1n) is 6.47. The lowest BCUT2D eigenvalue weighted by atomic mass is 10.1. The largest absolute Gasteiger partial charge is 0.498 e. The van der Waals surface area contributed by atoms with E-state index in [0.29, 0.717) is 6.61 Å². The lowest BCUT2D eigenvalue weighted by molar-refractivity contribution is 0.213. The molecule has 1 aliphatic heterocycles. The predicted octanol–water partition coefficient (Wildman–Crippen LogP) is 3.81. The summed E-state index contributed by atoms with van der Waals surface area (Å²) in [5, 5.41) is 0. The molecule has 2 nitrogen and oxygen atoms in total. The van der Waals surface area contributed by atoms with E-state index in [0.717, 1.165) is 5.56 Å². The SMILES string of the molecule is C(=C\c1ccccc1)/OC[C@H]1O[C@@H]1c1ccccc1. The maximum Gasteiger partial charge on any atom is 0.123 e. The van der Waals surface area contributed by atoms with E-state index >= 15 is 0 Å². The van der Waals surface area contributed by atoms with Crippen LogP contribution in [-0.2, 0) is 9.47 Å². The summed E-state index contributed by atoms with van der Waals surface area (Å²) in [7, 11) is 0. The molecule has 0 amide bonds. The Morgan fingerprint density at radius 1 is 0.947 bits per heavy atom. The van der Waals surface area contributed by atoms with Crippen LogP contribution in [0.3, 0.4) is 0 Å². The Hall–Kier alpha value is -2.06. The molecule has 0 aromatic heterocycles. The van der Waals surface area contributed by atoms with Gasteiger partial charge in [-0.15, -0.1) is 0 Å². The minimum atomic E-state index is 0.183. The smallest absolute Gasteiger partial charge is 0.123 e. The summed E-state index contributed by atoms with van der Waals surface area (Å²) in [6.07, 6.45) is 4.08. The second-order valence-corrected chi connectivity index (χ2v) is 4.55. The lowest BCUT2D eigenvalue weighted by Gasteiger charge is -1.97. The van der Waals surface area contributed by atoms with E-state index in [4.69, 9.17) is 9.47 Å². The fraction of sp³-hybridized carbons (Fsp3) is 0.176. The van der Waals surface area contributed by atoms with Crippen molar-refractivity contribution in [2.24, 2.45) is 0 Å². The molecule has 96 valence electrons. The van der Waals surface area contributed by atoms with Gasteiger partial charge in [-0.2, -0.15) is 0 Å². The van der Waals surface area contributed by atoms with Gasteiger partial charge < -0.3 is 9.47 Å². The predicted molar refractivity (Wildman–Crippen MR) is 75.5 cm³/mol. The van der Waals surface area contributed by atoms with E-state index in [1.807, 2.05) is 54.6 Å². The second kappa shape index (κ2) is 5.72. The number of ether oxygens (including phenoxy) is 2. The Bertz CT molecular complexity index is 534. The maximum atomic E-state index is 5.60. The van der Waals surface area contributed by atoms with Gasteiger partial charge in [0.1, 0.15) is 18.8 Å². The van der Waals surface area contributed by atoms with Gasteiger partial charge in [-0.3, -0.25) is 0 Å². The zero-order valence-corrected chi connectivity index (χ0v) is 10.6. The molecule has 0 N–H and O–H groups in total. The van der Waals surface area contributed by atoms with Crippen molar-refractivity contribution in [1.29, 1.82) is 0 Å². The quantitative estimate of drug-likeness (QED) is 0.596. The van der Waals surface area contributed by atoms with Gasteiger partial charge in [0.2, 0.25) is 0 Å². The monoisotopic (exact) mass is 252 g/mol. The van der Waals surface area contributed by atoms with Crippen molar-refractivity contribution >= 4 is 6.08 Å². The Morgan fingerprint density at radius 2 is 1.63 bits per heavy atom. The van der Waals surface area contributed by atoms with Gasteiger partial charge >= 0.3 is 0 Å². The van der Waals surface area contributed by atoms with E-state index in [9.17, 15) is 0 Å². The van der Waals surface area contributed by atoms with Crippen LogP contribution in [0.2, 0.25) is 0 Å². The lowest BCUT2D eigenvalue weighted by Crippen LogP contribution is -1.98. The fourth-order valence-corrected chi connectivity index (χ4v) is 2.05. The fourth-order valence-electron chi connectivity index (χ4n) is 2.05. The molecule has 0 aliphatic carbocycles. The van der Waals surface area contributed by atoms with Gasteiger partial charge in [0.05, 0.1) is 6.26 Å². The standard InChI is InChI=1S/C17H16O2/c1-3-7-14(8-4-1)11-12-18-13-16-17(19-16)15-9-5-2-6-10-15/h1-12,16-17H,13H2/b12-11+/t16-,17-/m1/s1. The normalized spacial score (nSPS) is 21.5. The first kappa shape index (κ1) is 12.0. The molecule has 2 heteroatoms. The highest BCUT2D eigenvalue weighted by Gasteiger charge is 2.40. The average Bonchev–Trinajstić information content (AvgIpc) is 3.25. The number of hydrogen-bond acceptors (Lipinski definition) is 2. The van der Waals surface area contributed by atoms with Gasteiger partial charge in [0, 0.05) is 0 Å². The van der Waals surface area contributed by atoms with E-state index < -0.39 is 0 Å². The van der Waals surface area contributed by atoms with Crippen LogP contribution in [0.25, 0.3) is 6.08 Å². The van der Waals surface area contributed by atoms with E-state index in [-0.39, 0.29) is 12.2 Å². The Labute approximate surface area is 113 Å². The summed E-state index contributed by atoms with van der Waals surface area (Å²) in [5.74, 6) is 0. The molecule has 0 bridgehead atoms. The maximum absolute atomic E-state index is 5.60. The van der Waals surface area contributed by atoms with E-state index in [2.05, 4.69) is 12.1 Å². The Kier molecular flexibility index (Phi) is 3.61. The molecule has 3 rings (SSSR count). The Morgan fingerprint density at radius 3 is 2.37 bits per heavy atom. The van der Waals surface area contributed by atoms with Crippen molar-refractivity contribution in [2.45, 2.75) is 12.2 Å². The molecule has 1 aliphatic rings. The number of hydrogen-bond donors (Lipinski definition) is 0. The van der Waals surface area contributed by atoms with Crippen molar-refractivity contribution in [2.75, 3.05) is 6.61 Å². The molecule has 1 saturated heterocycles. The molecule has 1 heterocycles. The third-order valence-electron chi connectivity index (χ3n) is 3.13. The van der Waals surface area contributed by atoms with Crippen LogP contribution in [0.1, 0.15) is 17.2 Å². The van der Waals surface area contributed by atoms with Gasteiger partial charge in [-0.25, -0.2) is 0 Å². The highest BCUT2D eigenvalue weighted by atomic mass is 16.6. The van der Waals surface area contributed by atoms with Crippen molar-refractivity contribution in [3.63, 3.8) is 0 Å². The topological polar surface area (TPSA) is 21.8 Å². The number of rotatable bonds is 5. The molecule has 0 radical (unpaired) electrons. The minimum absolute atomic E-state index is 0.183. The third-order valence-corrected chi connectivity index (χ3v) is 3.13. The van der Waals surface area contributed by atoms with Crippen LogP contribution < -0.4 is 0 Å². The van der Waals surface area contributed by atoms with Crippen LogP contribution in [0.4, 0.5) is 0 Å². The molecule has 0 unspecified atom stereocenters. The van der Waals surface area contributed by atoms with Gasteiger partial charge in [0.15, 0.2) is 0 Å². The van der Waals surface area contributed by atoms with Crippen LogP contribution in [0, 0.1) is 0 Å².